The second kappa shape index (κ2) is 7.89. The SMILES string of the molecule is Cc1ccc2c(c1)CCCN2C(=O)c1ccc(C)c(S(=O)(=O)N2CCOCC2)c1. The average molecular weight is 415 g/mol. The Hall–Kier alpha value is -2.22. The molecule has 7 heteroatoms. The van der Waals surface area contributed by atoms with E-state index in [1.807, 2.05) is 19.1 Å². The van der Waals surface area contributed by atoms with Gasteiger partial charge in [-0.2, -0.15) is 4.31 Å². The zero-order valence-electron chi connectivity index (χ0n) is 16.8. The summed E-state index contributed by atoms with van der Waals surface area (Å²) in [6, 6.07) is 11.1. The predicted molar refractivity (Wildman–Crippen MR) is 112 cm³/mol. The van der Waals surface area contributed by atoms with Crippen molar-refractivity contribution in [3.8, 4) is 0 Å². The summed E-state index contributed by atoms with van der Waals surface area (Å²) in [5.74, 6) is -0.159. The van der Waals surface area contributed by atoms with Crippen LogP contribution in [0.3, 0.4) is 0 Å². The van der Waals surface area contributed by atoms with E-state index < -0.39 is 10.0 Å². The number of hydrogen-bond donors (Lipinski definition) is 0. The highest BCUT2D eigenvalue weighted by Crippen LogP contribution is 2.30. The molecule has 2 aromatic rings. The molecule has 0 radical (unpaired) electrons. The number of fused-ring (bicyclic) bond motifs is 1. The fourth-order valence-corrected chi connectivity index (χ4v) is 5.69. The molecular formula is C22H26N2O4S. The molecule has 1 fully saturated rings. The molecule has 0 spiro atoms. The number of amides is 1. The number of morpholine rings is 1. The maximum atomic E-state index is 13.3. The summed E-state index contributed by atoms with van der Waals surface area (Å²) < 4.78 is 33.0. The normalized spacial score (nSPS) is 17.8. The van der Waals surface area contributed by atoms with Gasteiger partial charge in [0.2, 0.25) is 10.0 Å². The topological polar surface area (TPSA) is 66.9 Å². The van der Waals surface area contributed by atoms with Crippen molar-refractivity contribution < 1.29 is 17.9 Å². The van der Waals surface area contributed by atoms with Gasteiger partial charge in [0.15, 0.2) is 0 Å². The van der Waals surface area contributed by atoms with Crippen LogP contribution < -0.4 is 4.90 Å². The van der Waals surface area contributed by atoms with Gasteiger partial charge in [-0.1, -0.05) is 23.8 Å². The van der Waals surface area contributed by atoms with Gasteiger partial charge in [0.25, 0.3) is 5.91 Å². The molecule has 0 aromatic heterocycles. The molecule has 0 bridgehead atoms. The van der Waals surface area contributed by atoms with Crippen LogP contribution in [0.25, 0.3) is 0 Å². The van der Waals surface area contributed by atoms with Gasteiger partial charge in [0, 0.05) is 30.9 Å². The molecule has 0 unspecified atom stereocenters. The van der Waals surface area contributed by atoms with Crippen LogP contribution in [-0.2, 0) is 21.2 Å². The number of anilines is 1. The van der Waals surface area contributed by atoms with Crippen molar-refractivity contribution in [2.24, 2.45) is 0 Å². The Kier molecular flexibility index (Phi) is 5.46. The van der Waals surface area contributed by atoms with E-state index in [-0.39, 0.29) is 10.8 Å². The number of aryl methyl sites for hydroxylation is 3. The third-order valence-electron chi connectivity index (χ3n) is 5.62. The van der Waals surface area contributed by atoms with Gasteiger partial charge in [0.1, 0.15) is 0 Å². The Labute approximate surface area is 172 Å². The Morgan fingerprint density at radius 3 is 2.52 bits per heavy atom. The summed E-state index contributed by atoms with van der Waals surface area (Å²) in [4.78, 5) is 15.3. The van der Waals surface area contributed by atoms with Crippen LogP contribution in [0, 0.1) is 13.8 Å². The lowest BCUT2D eigenvalue weighted by molar-refractivity contribution is 0.0730. The molecule has 0 atom stereocenters. The summed E-state index contributed by atoms with van der Waals surface area (Å²) in [7, 11) is -3.66. The lowest BCUT2D eigenvalue weighted by Gasteiger charge is -2.30. The maximum Gasteiger partial charge on any atom is 0.258 e. The van der Waals surface area contributed by atoms with Crippen LogP contribution in [0.1, 0.15) is 33.5 Å². The standard InChI is InChI=1S/C22H26N2O4S/c1-16-5-8-20-18(14-16)4-3-9-24(20)22(25)19-7-6-17(2)21(15-19)29(26,27)23-10-12-28-13-11-23/h5-8,14-15H,3-4,9-13H2,1-2H3. The number of carbonyl (C=O) groups is 1. The van der Waals surface area contributed by atoms with E-state index in [9.17, 15) is 13.2 Å². The highest BCUT2D eigenvalue weighted by molar-refractivity contribution is 7.89. The molecule has 2 aliphatic heterocycles. The minimum absolute atomic E-state index is 0.159. The molecule has 1 saturated heterocycles. The van der Waals surface area contributed by atoms with E-state index in [0.717, 1.165) is 24.1 Å². The highest BCUT2D eigenvalue weighted by Gasteiger charge is 2.30. The Balaban J connectivity index is 1.69. The van der Waals surface area contributed by atoms with Gasteiger partial charge in [-0.05, 0) is 56.0 Å². The summed E-state index contributed by atoms with van der Waals surface area (Å²) in [5, 5.41) is 0. The van der Waals surface area contributed by atoms with Crippen LogP contribution in [0.2, 0.25) is 0 Å². The zero-order valence-corrected chi connectivity index (χ0v) is 17.7. The Morgan fingerprint density at radius 1 is 1.00 bits per heavy atom. The molecule has 0 N–H and O–H groups in total. The number of ether oxygens (including phenoxy) is 1. The van der Waals surface area contributed by atoms with Crippen molar-refractivity contribution in [2.45, 2.75) is 31.6 Å². The van der Waals surface area contributed by atoms with E-state index in [0.29, 0.717) is 44.0 Å². The molecule has 154 valence electrons. The Bertz CT molecular complexity index is 1040. The van der Waals surface area contributed by atoms with Crippen molar-refractivity contribution in [3.05, 3.63) is 58.7 Å². The number of nitrogens with zero attached hydrogens (tertiary/aromatic N) is 2. The molecule has 4 rings (SSSR count). The van der Waals surface area contributed by atoms with E-state index >= 15 is 0 Å². The molecule has 29 heavy (non-hydrogen) atoms. The molecule has 2 heterocycles. The van der Waals surface area contributed by atoms with Crippen LogP contribution in [-0.4, -0.2) is 51.5 Å². The lowest BCUT2D eigenvalue weighted by atomic mass is 9.98. The third kappa shape index (κ3) is 3.82. The number of sulfonamides is 1. The van der Waals surface area contributed by atoms with Crippen molar-refractivity contribution in [2.75, 3.05) is 37.7 Å². The van der Waals surface area contributed by atoms with Crippen LogP contribution >= 0.6 is 0 Å². The van der Waals surface area contributed by atoms with Gasteiger partial charge < -0.3 is 9.64 Å². The van der Waals surface area contributed by atoms with Crippen molar-refractivity contribution >= 4 is 21.6 Å². The Morgan fingerprint density at radius 2 is 1.76 bits per heavy atom. The minimum Gasteiger partial charge on any atom is -0.379 e. The minimum atomic E-state index is -3.66. The average Bonchev–Trinajstić information content (AvgIpc) is 2.73. The first kappa shape index (κ1) is 20.1. The van der Waals surface area contributed by atoms with Gasteiger partial charge in [-0.15, -0.1) is 0 Å². The summed E-state index contributed by atoms with van der Waals surface area (Å²) in [6.07, 6.45) is 1.85. The van der Waals surface area contributed by atoms with Crippen molar-refractivity contribution in [1.29, 1.82) is 0 Å². The number of benzene rings is 2. The molecule has 1 amide bonds. The summed E-state index contributed by atoms with van der Waals surface area (Å²) in [6.45, 7) is 5.89. The van der Waals surface area contributed by atoms with Gasteiger partial charge >= 0.3 is 0 Å². The van der Waals surface area contributed by atoms with E-state index in [1.165, 1.54) is 15.9 Å². The summed E-state index contributed by atoms with van der Waals surface area (Å²) in [5.41, 5.74) is 4.30. The lowest BCUT2D eigenvalue weighted by Crippen LogP contribution is -2.41. The smallest absolute Gasteiger partial charge is 0.258 e. The number of hydrogen-bond acceptors (Lipinski definition) is 4. The molecular weight excluding hydrogens is 388 g/mol. The van der Waals surface area contributed by atoms with E-state index in [2.05, 4.69) is 6.07 Å². The first-order chi connectivity index (χ1) is 13.9. The fraction of sp³-hybridized carbons (Fsp3) is 0.409. The monoisotopic (exact) mass is 414 g/mol. The predicted octanol–water partition coefficient (Wildman–Crippen LogP) is 2.92. The first-order valence-corrected chi connectivity index (χ1v) is 11.4. The number of rotatable bonds is 3. The van der Waals surface area contributed by atoms with Gasteiger partial charge in [0.05, 0.1) is 18.1 Å². The fourth-order valence-electron chi connectivity index (χ4n) is 4.03. The van der Waals surface area contributed by atoms with Gasteiger partial charge in [-0.25, -0.2) is 8.42 Å². The van der Waals surface area contributed by atoms with Gasteiger partial charge in [-0.3, -0.25) is 4.79 Å². The van der Waals surface area contributed by atoms with E-state index in [1.54, 1.807) is 24.0 Å². The third-order valence-corrected chi connectivity index (χ3v) is 7.66. The maximum absolute atomic E-state index is 13.3. The zero-order chi connectivity index (χ0) is 20.6. The summed E-state index contributed by atoms with van der Waals surface area (Å²) >= 11 is 0. The molecule has 6 nitrogen and oxygen atoms in total. The number of carbonyl (C=O) groups excluding carboxylic acids is 1. The van der Waals surface area contributed by atoms with Crippen molar-refractivity contribution in [1.82, 2.24) is 4.31 Å². The van der Waals surface area contributed by atoms with Crippen LogP contribution in [0.5, 0.6) is 0 Å². The van der Waals surface area contributed by atoms with Crippen LogP contribution in [0.4, 0.5) is 5.69 Å². The second-order valence-corrected chi connectivity index (χ2v) is 9.60. The first-order valence-electron chi connectivity index (χ1n) is 9.98. The van der Waals surface area contributed by atoms with Crippen molar-refractivity contribution in [3.63, 3.8) is 0 Å². The van der Waals surface area contributed by atoms with E-state index in [4.69, 9.17) is 4.74 Å². The molecule has 2 aromatic carbocycles. The largest absolute Gasteiger partial charge is 0.379 e. The van der Waals surface area contributed by atoms with Crippen LogP contribution in [0.15, 0.2) is 41.3 Å². The molecule has 0 aliphatic carbocycles. The quantitative estimate of drug-likeness (QED) is 0.775. The second-order valence-electron chi connectivity index (χ2n) is 7.69. The molecule has 2 aliphatic rings. The highest BCUT2D eigenvalue weighted by atomic mass is 32.2. The molecule has 0 saturated carbocycles.